The molecule has 0 aliphatic heterocycles. The predicted octanol–water partition coefficient (Wildman–Crippen LogP) is 4.01. The third-order valence-corrected chi connectivity index (χ3v) is 5.25. The number of hydrazine groups is 1. The van der Waals surface area contributed by atoms with E-state index in [9.17, 15) is 17.4 Å². The second-order valence-electron chi connectivity index (χ2n) is 6.20. The van der Waals surface area contributed by atoms with Crippen molar-refractivity contribution in [1.82, 2.24) is 10.1 Å². The van der Waals surface area contributed by atoms with Crippen LogP contribution in [-0.4, -0.2) is 9.32 Å². The Hall–Kier alpha value is -3.09. The molecule has 0 saturated carbocycles. The molecule has 2 aromatic carbocycles. The van der Waals surface area contributed by atoms with Crippen LogP contribution in [0.15, 0.2) is 70.2 Å². The molecule has 0 aliphatic rings. The first kappa shape index (κ1) is 22.6. The number of nitrogen functional groups attached to an aromatic ring is 1. The molecule has 7 nitrogen and oxygen atoms in total. The molecule has 3 rings (SSSR count). The van der Waals surface area contributed by atoms with Crippen molar-refractivity contribution < 1.29 is 21.8 Å². The molecule has 3 aromatic rings. The summed E-state index contributed by atoms with van der Waals surface area (Å²) in [5.41, 5.74) is 11.5. The van der Waals surface area contributed by atoms with Crippen molar-refractivity contribution in [2.45, 2.75) is 17.6 Å². The van der Waals surface area contributed by atoms with Crippen molar-refractivity contribution in [3.8, 4) is 0 Å². The van der Waals surface area contributed by atoms with Gasteiger partial charge < -0.3 is 15.5 Å². The number of halogens is 3. The monoisotopic (exact) mass is 469 g/mol. The summed E-state index contributed by atoms with van der Waals surface area (Å²) in [6.45, 7) is 0.288. The minimum atomic E-state index is -4.45. The number of hydrogen-bond acceptors (Lipinski definition) is 5. The standard InChI is InChI=1S/C19H18F3N5O2S2/c20-19(21,22)12-3-1-4-13(9-12)25-18(30)27-26-17-7-6-15(10-16(17)23)31(28)24-11-14-5-2-8-29-14/h1-10,24,26H,11,23H2,(H2,25,27,30). The van der Waals surface area contributed by atoms with Crippen LogP contribution in [0.1, 0.15) is 11.3 Å². The van der Waals surface area contributed by atoms with Crippen LogP contribution in [-0.2, 0) is 23.7 Å². The van der Waals surface area contributed by atoms with Gasteiger partial charge in [-0.25, -0.2) is 8.93 Å². The molecule has 0 bridgehead atoms. The normalized spacial score (nSPS) is 12.2. The van der Waals surface area contributed by atoms with E-state index in [1.807, 2.05) is 0 Å². The highest BCUT2D eigenvalue weighted by Gasteiger charge is 2.30. The molecule has 12 heteroatoms. The smallest absolute Gasteiger partial charge is 0.416 e. The van der Waals surface area contributed by atoms with Gasteiger partial charge in [-0.3, -0.25) is 10.9 Å². The summed E-state index contributed by atoms with van der Waals surface area (Å²) in [5.74, 6) is 0.644. The Bertz CT molecular complexity index is 1070. The first-order chi connectivity index (χ1) is 14.7. The number of nitrogens with two attached hydrogens (primary N) is 1. The lowest BCUT2D eigenvalue weighted by molar-refractivity contribution is -0.137. The molecule has 0 fully saturated rings. The van der Waals surface area contributed by atoms with Crippen LogP contribution in [0.5, 0.6) is 0 Å². The average Bonchev–Trinajstić information content (AvgIpc) is 3.24. The third kappa shape index (κ3) is 6.44. The summed E-state index contributed by atoms with van der Waals surface area (Å²) in [6.07, 6.45) is -2.92. The van der Waals surface area contributed by atoms with Crippen molar-refractivity contribution >= 4 is 45.4 Å². The number of anilines is 3. The van der Waals surface area contributed by atoms with Gasteiger partial charge in [0.15, 0.2) is 5.11 Å². The van der Waals surface area contributed by atoms with Gasteiger partial charge in [0.2, 0.25) is 0 Å². The van der Waals surface area contributed by atoms with Crippen molar-refractivity contribution in [3.63, 3.8) is 0 Å². The summed E-state index contributed by atoms with van der Waals surface area (Å²) >= 11 is 5.08. The van der Waals surface area contributed by atoms with E-state index in [0.717, 1.165) is 12.1 Å². The van der Waals surface area contributed by atoms with Gasteiger partial charge in [0, 0.05) is 5.69 Å². The number of furan rings is 1. The summed E-state index contributed by atoms with van der Waals surface area (Å²) in [4.78, 5) is 0.458. The summed E-state index contributed by atoms with van der Waals surface area (Å²) in [6, 6.07) is 12.9. The van der Waals surface area contributed by atoms with Gasteiger partial charge in [-0.05, 0) is 60.7 Å². The van der Waals surface area contributed by atoms with E-state index in [1.54, 1.807) is 24.3 Å². The van der Waals surface area contributed by atoms with Crippen molar-refractivity contribution in [1.29, 1.82) is 0 Å². The Morgan fingerprint density at radius 1 is 1.13 bits per heavy atom. The molecule has 0 amide bonds. The lowest BCUT2D eigenvalue weighted by Gasteiger charge is -2.15. The Kier molecular flexibility index (Phi) is 7.15. The lowest BCUT2D eigenvalue weighted by atomic mass is 10.2. The fourth-order valence-corrected chi connectivity index (χ4v) is 3.50. The zero-order valence-electron chi connectivity index (χ0n) is 15.8. The largest absolute Gasteiger partial charge is 0.468 e. The van der Waals surface area contributed by atoms with E-state index in [-0.39, 0.29) is 17.3 Å². The minimum Gasteiger partial charge on any atom is -0.468 e. The molecule has 0 spiro atoms. The van der Waals surface area contributed by atoms with Crippen LogP contribution < -0.4 is 26.6 Å². The fraction of sp³-hybridized carbons (Fsp3) is 0.105. The van der Waals surface area contributed by atoms with E-state index >= 15 is 0 Å². The second-order valence-corrected chi connectivity index (χ2v) is 7.91. The Morgan fingerprint density at radius 2 is 1.94 bits per heavy atom. The van der Waals surface area contributed by atoms with Crippen LogP contribution in [0.2, 0.25) is 0 Å². The maximum absolute atomic E-state index is 12.8. The third-order valence-electron chi connectivity index (χ3n) is 3.95. The second kappa shape index (κ2) is 9.81. The number of rotatable bonds is 7. The topological polar surface area (TPSA) is 104 Å². The molecule has 6 N–H and O–H groups in total. The van der Waals surface area contributed by atoms with Gasteiger partial charge in [-0.1, -0.05) is 6.07 Å². The minimum absolute atomic E-state index is 0.0338. The van der Waals surface area contributed by atoms with Crippen molar-refractivity contribution in [3.05, 3.63) is 72.2 Å². The Labute approximate surface area is 183 Å². The molecule has 1 unspecified atom stereocenters. The lowest BCUT2D eigenvalue weighted by Crippen LogP contribution is -2.33. The van der Waals surface area contributed by atoms with Crippen LogP contribution in [0.4, 0.5) is 30.2 Å². The maximum atomic E-state index is 12.8. The highest BCUT2D eigenvalue weighted by Crippen LogP contribution is 2.30. The highest BCUT2D eigenvalue weighted by atomic mass is 32.2. The number of hydrogen-bond donors (Lipinski definition) is 5. The first-order valence-corrected chi connectivity index (χ1v) is 10.4. The van der Waals surface area contributed by atoms with E-state index in [4.69, 9.17) is 22.4 Å². The average molecular weight is 470 g/mol. The Balaban J connectivity index is 1.54. The quantitative estimate of drug-likeness (QED) is 0.202. The molecule has 0 radical (unpaired) electrons. The SMILES string of the molecule is Nc1cc(S(=O)NCc2ccco2)ccc1NNC(=S)Nc1cccc(C(F)(F)F)c1. The first-order valence-electron chi connectivity index (χ1n) is 8.80. The molecule has 1 heterocycles. The van der Waals surface area contributed by atoms with E-state index in [0.29, 0.717) is 22.0 Å². The van der Waals surface area contributed by atoms with Crippen molar-refractivity contribution in [2.75, 3.05) is 16.5 Å². The zero-order valence-corrected chi connectivity index (χ0v) is 17.5. The summed E-state index contributed by atoms with van der Waals surface area (Å²) in [7, 11) is -1.50. The van der Waals surface area contributed by atoms with Crippen LogP contribution >= 0.6 is 12.2 Å². The molecular weight excluding hydrogens is 451 g/mol. The molecule has 164 valence electrons. The van der Waals surface area contributed by atoms with Gasteiger partial charge in [-0.2, -0.15) is 13.2 Å². The highest BCUT2D eigenvalue weighted by molar-refractivity contribution is 7.83. The number of alkyl halides is 3. The molecule has 1 aromatic heterocycles. The fourth-order valence-electron chi connectivity index (χ4n) is 2.46. The van der Waals surface area contributed by atoms with Gasteiger partial charge in [0.1, 0.15) is 16.7 Å². The number of benzene rings is 2. The van der Waals surface area contributed by atoms with Gasteiger partial charge >= 0.3 is 6.18 Å². The molecule has 1 atom stereocenters. The van der Waals surface area contributed by atoms with Crippen molar-refractivity contribution in [2.24, 2.45) is 0 Å². The molecule has 31 heavy (non-hydrogen) atoms. The molecule has 0 saturated heterocycles. The van der Waals surface area contributed by atoms with E-state index < -0.39 is 22.7 Å². The van der Waals surface area contributed by atoms with Gasteiger partial charge in [0.25, 0.3) is 0 Å². The van der Waals surface area contributed by atoms with Crippen LogP contribution in [0.3, 0.4) is 0 Å². The molecular formula is C19H18F3N5O2S2. The number of nitrogens with one attached hydrogen (secondary N) is 4. The summed E-state index contributed by atoms with van der Waals surface area (Å²) in [5, 5.41) is 2.69. The predicted molar refractivity (Wildman–Crippen MR) is 117 cm³/mol. The summed E-state index contributed by atoms with van der Waals surface area (Å²) < 4.78 is 58.7. The van der Waals surface area contributed by atoms with Crippen LogP contribution in [0, 0.1) is 0 Å². The Morgan fingerprint density at radius 3 is 2.61 bits per heavy atom. The van der Waals surface area contributed by atoms with Gasteiger partial charge in [-0.15, -0.1) is 0 Å². The van der Waals surface area contributed by atoms with E-state index in [1.165, 1.54) is 24.5 Å². The molecule has 0 aliphatic carbocycles. The maximum Gasteiger partial charge on any atom is 0.416 e. The zero-order chi connectivity index (χ0) is 22.4. The van der Waals surface area contributed by atoms with Crippen LogP contribution in [0.25, 0.3) is 0 Å². The number of thiocarbonyl (C=S) groups is 1. The van der Waals surface area contributed by atoms with Gasteiger partial charge in [0.05, 0.1) is 34.6 Å². The van der Waals surface area contributed by atoms with E-state index in [2.05, 4.69) is 20.9 Å².